The van der Waals surface area contributed by atoms with E-state index < -0.39 is 0 Å². The monoisotopic (exact) mass is 130 g/mol. The fraction of sp³-hybridized carbons (Fsp3) is 1.00. The molecule has 0 saturated carbocycles. The van der Waals surface area contributed by atoms with E-state index in [1.165, 1.54) is 12.8 Å². The predicted molar refractivity (Wildman–Crippen MR) is 45.6 cm³/mol. The number of hydrogen-bond donors (Lipinski definition) is 0. The molecule has 0 nitrogen and oxygen atoms in total. The minimum Gasteiger partial charge on any atom is -0.0776 e. The summed E-state index contributed by atoms with van der Waals surface area (Å²) in [7, 11) is 0. The van der Waals surface area contributed by atoms with Crippen LogP contribution in [0.25, 0.3) is 0 Å². The minimum absolute atomic E-state index is 0. The molecular formula is C9H22. The van der Waals surface area contributed by atoms with E-state index in [0.717, 1.165) is 11.8 Å². The molecule has 0 heteroatoms. The van der Waals surface area contributed by atoms with Gasteiger partial charge in [-0.15, -0.1) is 0 Å². The summed E-state index contributed by atoms with van der Waals surface area (Å²) in [6.07, 6.45) is 2.72. The molecule has 0 N–H and O–H groups in total. The zero-order chi connectivity index (χ0) is 6.57. The Morgan fingerprint density at radius 2 is 1.56 bits per heavy atom. The van der Waals surface area contributed by atoms with Gasteiger partial charge in [0.1, 0.15) is 0 Å². The quantitative estimate of drug-likeness (QED) is 0.546. The molecule has 0 saturated heterocycles. The van der Waals surface area contributed by atoms with Crippen molar-refractivity contribution in [3.8, 4) is 0 Å². The van der Waals surface area contributed by atoms with Gasteiger partial charge in [-0.05, 0) is 18.3 Å². The number of hydrogen-bond acceptors (Lipinski definition) is 0. The van der Waals surface area contributed by atoms with Crippen LogP contribution in [-0.4, -0.2) is 0 Å². The van der Waals surface area contributed by atoms with Crippen molar-refractivity contribution in [2.24, 2.45) is 11.8 Å². The highest BCUT2D eigenvalue weighted by molar-refractivity contribution is 4.52. The normalized spacial score (nSPS) is 13.0. The topological polar surface area (TPSA) is 0 Å². The highest BCUT2D eigenvalue weighted by Crippen LogP contribution is 2.12. The maximum absolute atomic E-state index is 2.32. The van der Waals surface area contributed by atoms with Gasteiger partial charge in [0.15, 0.2) is 0 Å². The lowest BCUT2D eigenvalue weighted by molar-refractivity contribution is 0.429. The molecule has 58 valence electrons. The molecule has 0 rings (SSSR count). The molecule has 0 unspecified atom stereocenters. The van der Waals surface area contributed by atoms with Gasteiger partial charge in [-0.2, -0.15) is 0 Å². The lowest BCUT2D eigenvalue weighted by Gasteiger charge is -2.09. The zero-order valence-corrected chi connectivity index (χ0v) is 6.57. The highest BCUT2D eigenvalue weighted by Gasteiger charge is 2.00. The Bertz CT molecular complexity index is 46.0. The molecule has 0 aliphatic heterocycles. The molecule has 0 heterocycles. The third kappa shape index (κ3) is 8.00. The summed E-state index contributed by atoms with van der Waals surface area (Å²) in [6, 6.07) is 0. The third-order valence-electron chi connectivity index (χ3n) is 1.57. The van der Waals surface area contributed by atoms with Crippen LogP contribution < -0.4 is 0 Å². The smallest absolute Gasteiger partial charge is 0.0443 e. The Morgan fingerprint density at radius 1 is 1.11 bits per heavy atom. The van der Waals surface area contributed by atoms with E-state index in [-0.39, 0.29) is 7.43 Å². The molecule has 0 spiro atoms. The maximum atomic E-state index is 2.32. The average molecular weight is 130 g/mol. The first-order valence-electron chi connectivity index (χ1n) is 3.66. The molecule has 0 amide bonds. The van der Waals surface area contributed by atoms with E-state index in [1.807, 2.05) is 0 Å². The molecule has 0 aliphatic rings. The summed E-state index contributed by atoms with van der Waals surface area (Å²) in [6.45, 7) is 9.14. The van der Waals surface area contributed by atoms with Crippen LogP contribution in [0, 0.1) is 11.8 Å². The first kappa shape index (κ1) is 11.8. The van der Waals surface area contributed by atoms with Gasteiger partial charge in [0.25, 0.3) is 0 Å². The van der Waals surface area contributed by atoms with Gasteiger partial charge < -0.3 is 0 Å². The van der Waals surface area contributed by atoms with Crippen molar-refractivity contribution in [3.05, 3.63) is 0 Å². The fourth-order valence-electron chi connectivity index (χ4n) is 0.971. The van der Waals surface area contributed by atoms with Crippen molar-refractivity contribution >= 4 is 0 Å². The van der Waals surface area contributed by atoms with Crippen molar-refractivity contribution in [3.63, 3.8) is 0 Å². The van der Waals surface area contributed by atoms with Crippen LogP contribution in [0.5, 0.6) is 0 Å². The van der Waals surface area contributed by atoms with Crippen LogP contribution in [0.15, 0.2) is 0 Å². The Kier molecular flexibility index (Phi) is 8.00. The molecule has 0 aromatic rings. The van der Waals surface area contributed by atoms with Gasteiger partial charge in [-0.25, -0.2) is 0 Å². The maximum Gasteiger partial charge on any atom is -0.0443 e. The molecule has 0 aromatic carbocycles. The largest absolute Gasteiger partial charge is 0.0776 e. The van der Waals surface area contributed by atoms with Crippen LogP contribution in [0.4, 0.5) is 0 Å². The van der Waals surface area contributed by atoms with Gasteiger partial charge >= 0.3 is 0 Å². The summed E-state index contributed by atoms with van der Waals surface area (Å²) >= 11 is 0. The van der Waals surface area contributed by atoms with Crippen LogP contribution >= 0.6 is 0 Å². The number of rotatable bonds is 3. The lowest BCUT2D eigenvalue weighted by atomic mass is 9.97. The van der Waals surface area contributed by atoms with Crippen LogP contribution in [0.3, 0.4) is 0 Å². The summed E-state index contributed by atoms with van der Waals surface area (Å²) in [5.41, 5.74) is 0. The van der Waals surface area contributed by atoms with Crippen molar-refractivity contribution in [1.29, 1.82) is 0 Å². The second-order valence-corrected chi connectivity index (χ2v) is 3.14. The Hall–Kier alpha value is 0. The van der Waals surface area contributed by atoms with E-state index in [1.54, 1.807) is 0 Å². The molecule has 0 fully saturated rings. The minimum atomic E-state index is 0. The second-order valence-electron chi connectivity index (χ2n) is 3.14. The molecule has 0 radical (unpaired) electrons. The van der Waals surface area contributed by atoms with Gasteiger partial charge in [0, 0.05) is 0 Å². The molecule has 9 heavy (non-hydrogen) atoms. The van der Waals surface area contributed by atoms with Gasteiger partial charge in [0.2, 0.25) is 0 Å². The van der Waals surface area contributed by atoms with Crippen molar-refractivity contribution < 1.29 is 0 Å². The van der Waals surface area contributed by atoms with E-state index >= 15 is 0 Å². The molecule has 0 aromatic heterocycles. The molecular weight excluding hydrogens is 108 g/mol. The predicted octanol–water partition coefficient (Wildman–Crippen LogP) is 3.71. The van der Waals surface area contributed by atoms with Gasteiger partial charge in [-0.3, -0.25) is 0 Å². The van der Waals surface area contributed by atoms with E-state index in [2.05, 4.69) is 27.7 Å². The standard InChI is InChI=1S/C8H18.CH4/c1-5-8(4)6-7(2)3;/h7-8H,5-6H2,1-4H3;1H4/t8-;/m1./s1. The summed E-state index contributed by atoms with van der Waals surface area (Å²) < 4.78 is 0. The fourth-order valence-corrected chi connectivity index (χ4v) is 0.971. The van der Waals surface area contributed by atoms with Crippen molar-refractivity contribution in [1.82, 2.24) is 0 Å². The van der Waals surface area contributed by atoms with Crippen LogP contribution in [0.1, 0.15) is 48.0 Å². The summed E-state index contributed by atoms with van der Waals surface area (Å²) in [4.78, 5) is 0. The Balaban J connectivity index is 0. The average Bonchev–Trinajstić information content (AvgIpc) is 1.65. The summed E-state index contributed by atoms with van der Waals surface area (Å²) in [5, 5.41) is 0. The van der Waals surface area contributed by atoms with Crippen molar-refractivity contribution in [2.75, 3.05) is 0 Å². The van der Waals surface area contributed by atoms with Crippen LogP contribution in [-0.2, 0) is 0 Å². The molecule has 0 aliphatic carbocycles. The van der Waals surface area contributed by atoms with Gasteiger partial charge in [0.05, 0.1) is 0 Å². The van der Waals surface area contributed by atoms with E-state index in [4.69, 9.17) is 0 Å². The second kappa shape index (κ2) is 6.12. The SMILES string of the molecule is C.CC[C@@H](C)CC(C)C. The van der Waals surface area contributed by atoms with E-state index in [0.29, 0.717) is 0 Å². The van der Waals surface area contributed by atoms with E-state index in [9.17, 15) is 0 Å². The molecule has 1 atom stereocenters. The first-order valence-corrected chi connectivity index (χ1v) is 3.66. The van der Waals surface area contributed by atoms with Crippen molar-refractivity contribution in [2.45, 2.75) is 48.0 Å². The summed E-state index contributed by atoms with van der Waals surface area (Å²) in [5.74, 6) is 1.81. The van der Waals surface area contributed by atoms with Gasteiger partial charge in [-0.1, -0.05) is 41.5 Å². The Labute approximate surface area is 60.7 Å². The van der Waals surface area contributed by atoms with Crippen LogP contribution in [0.2, 0.25) is 0 Å². The molecule has 0 bridgehead atoms. The first-order chi connectivity index (χ1) is 3.66. The zero-order valence-electron chi connectivity index (χ0n) is 6.57. The lowest BCUT2D eigenvalue weighted by Crippen LogP contribution is -1.97. The third-order valence-corrected chi connectivity index (χ3v) is 1.57. The Morgan fingerprint density at radius 3 is 1.67 bits per heavy atom. The highest BCUT2D eigenvalue weighted by atomic mass is 14.1.